The van der Waals surface area contributed by atoms with Gasteiger partial charge in [-0.25, -0.2) is 0 Å². The summed E-state index contributed by atoms with van der Waals surface area (Å²) >= 11 is 1.87. The van der Waals surface area contributed by atoms with Crippen LogP contribution < -0.4 is 10.6 Å². The molecule has 1 fully saturated rings. The van der Waals surface area contributed by atoms with Crippen LogP contribution in [0.4, 0.5) is 0 Å². The lowest BCUT2D eigenvalue weighted by atomic mass is 10.3. The predicted molar refractivity (Wildman–Crippen MR) is 114 cm³/mol. The lowest BCUT2D eigenvalue weighted by Gasteiger charge is -2.19. The van der Waals surface area contributed by atoms with E-state index in [0.717, 1.165) is 44.3 Å². The third kappa shape index (κ3) is 8.92. The molecule has 1 aliphatic rings. The molecule has 0 aliphatic carbocycles. The first-order chi connectivity index (χ1) is 12.8. The molecule has 0 radical (unpaired) electrons. The zero-order valence-electron chi connectivity index (χ0n) is 16.4. The van der Waals surface area contributed by atoms with Crippen LogP contribution in [0.25, 0.3) is 0 Å². The molecule has 0 atom stereocenters. The molecule has 1 aliphatic heterocycles. The van der Waals surface area contributed by atoms with Crippen LogP contribution in [-0.4, -0.2) is 80.9 Å². The van der Waals surface area contributed by atoms with Crippen LogP contribution in [-0.2, 0) is 0 Å². The number of thioether (sulfide) groups is 1. The highest BCUT2D eigenvalue weighted by Gasteiger charge is 2.11. The monoisotopic (exact) mass is 377 g/mol. The first-order valence-corrected chi connectivity index (χ1v) is 10.9. The zero-order valence-corrected chi connectivity index (χ0v) is 17.2. The van der Waals surface area contributed by atoms with Gasteiger partial charge in [-0.05, 0) is 58.6 Å². The molecule has 0 amide bonds. The van der Waals surface area contributed by atoms with Gasteiger partial charge in [0.05, 0.1) is 0 Å². The predicted octanol–water partition coefficient (Wildman–Crippen LogP) is 2.36. The van der Waals surface area contributed by atoms with Gasteiger partial charge in [0.15, 0.2) is 5.96 Å². The van der Waals surface area contributed by atoms with Gasteiger partial charge in [-0.1, -0.05) is 18.2 Å². The maximum atomic E-state index is 4.73. The van der Waals surface area contributed by atoms with Crippen LogP contribution in [0.2, 0.25) is 0 Å². The van der Waals surface area contributed by atoms with Crippen molar-refractivity contribution in [3.63, 3.8) is 0 Å². The summed E-state index contributed by atoms with van der Waals surface area (Å²) in [5.74, 6) is 1.98. The molecule has 1 aromatic rings. The van der Waals surface area contributed by atoms with E-state index in [4.69, 9.17) is 4.99 Å². The fourth-order valence-corrected chi connectivity index (χ4v) is 3.79. The van der Waals surface area contributed by atoms with Gasteiger partial charge in [0.25, 0.3) is 0 Å². The number of nitrogens with one attached hydrogen (secondary N) is 2. The Bertz CT molecular complexity index is 508. The quantitative estimate of drug-likeness (QED) is 0.299. The van der Waals surface area contributed by atoms with Crippen molar-refractivity contribution in [2.75, 3.05) is 65.2 Å². The van der Waals surface area contributed by atoms with E-state index in [0.29, 0.717) is 0 Å². The fraction of sp³-hybridized carbons (Fsp3) is 0.650. The van der Waals surface area contributed by atoms with Gasteiger partial charge in [-0.3, -0.25) is 4.99 Å². The number of likely N-dealkylation sites (N-methyl/N-ethyl adjacent to an activating group) is 1. The maximum Gasteiger partial charge on any atom is 0.191 e. The zero-order chi connectivity index (χ0) is 18.5. The molecule has 1 heterocycles. The second-order valence-corrected chi connectivity index (χ2v) is 7.87. The normalized spacial score (nSPS) is 17.1. The molecule has 1 aromatic carbocycles. The first-order valence-electron chi connectivity index (χ1n) is 9.89. The molecular formula is C20H35N5S. The summed E-state index contributed by atoms with van der Waals surface area (Å²) in [7, 11) is 2.22. The van der Waals surface area contributed by atoms with Gasteiger partial charge >= 0.3 is 0 Å². The Morgan fingerprint density at radius 3 is 2.77 bits per heavy atom. The molecule has 2 rings (SSSR count). The van der Waals surface area contributed by atoms with Crippen molar-refractivity contribution < 1.29 is 0 Å². The van der Waals surface area contributed by atoms with Crippen molar-refractivity contribution in [3.05, 3.63) is 30.3 Å². The van der Waals surface area contributed by atoms with Gasteiger partial charge in [-0.15, -0.1) is 11.8 Å². The molecule has 0 spiro atoms. The number of hydrogen-bond acceptors (Lipinski definition) is 4. The summed E-state index contributed by atoms with van der Waals surface area (Å²) in [5, 5.41) is 6.79. The minimum Gasteiger partial charge on any atom is -0.357 e. The number of benzene rings is 1. The van der Waals surface area contributed by atoms with Crippen LogP contribution in [0.5, 0.6) is 0 Å². The smallest absolute Gasteiger partial charge is 0.191 e. The summed E-state index contributed by atoms with van der Waals surface area (Å²) in [6, 6.07) is 10.5. The lowest BCUT2D eigenvalue weighted by Crippen LogP contribution is -2.38. The van der Waals surface area contributed by atoms with Gasteiger partial charge in [0, 0.05) is 43.4 Å². The maximum absolute atomic E-state index is 4.73. The summed E-state index contributed by atoms with van der Waals surface area (Å²) in [5.41, 5.74) is 0. The Labute approximate surface area is 163 Å². The van der Waals surface area contributed by atoms with E-state index in [1.54, 1.807) is 0 Å². The Hall–Kier alpha value is -1.24. The van der Waals surface area contributed by atoms with Crippen molar-refractivity contribution in [1.82, 2.24) is 20.4 Å². The van der Waals surface area contributed by atoms with Crippen LogP contribution in [0.3, 0.4) is 0 Å². The number of hydrogen-bond donors (Lipinski definition) is 2. The summed E-state index contributed by atoms with van der Waals surface area (Å²) < 4.78 is 0. The van der Waals surface area contributed by atoms with Crippen LogP contribution in [0, 0.1) is 0 Å². The molecule has 26 heavy (non-hydrogen) atoms. The van der Waals surface area contributed by atoms with E-state index in [2.05, 4.69) is 64.7 Å². The second kappa shape index (κ2) is 13.0. The van der Waals surface area contributed by atoms with Crippen molar-refractivity contribution in [1.29, 1.82) is 0 Å². The van der Waals surface area contributed by atoms with Crippen LogP contribution in [0.15, 0.2) is 40.2 Å². The molecule has 2 N–H and O–H groups in total. The highest BCUT2D eigenvalue weighted by atomic mass is 32.2. The SMILES string of the molecule is CCNC(=NCCCN1CCCN(C)CC1)NCCSc1ccccc1. The van der Waals surface area contributed by atoms with Gasteiger partial charge in [0.2, 0.25) is 0 Å². The van der Waals surface area contributed by atoms with Crippen molar-refractivity contribution >= 4 is 17.7 Å². The third-order valence-electron chi connectivity index (χ3n) is 4.47. The number of nitrogens with zero attached hydrogens (tertiary/aromatic N) is 3. The average Bonchev–Trinajstić information content (AvgIpc) is 2.87. The molecule has 1 saturated heterocycles. The van der Waals surface area contributed by atoms with E-state index in [1.807, 2.05) is 11.8 Å². The Balaban J connectivity index is 1.62. The van der Waals surface area contributed by atoms with Crippen molar-refractivity contribution in [2.24, 2.45) is 4.99 Å². The molecule has 0 aromatic heterocycles. The van der Waals surface area contributed by atoms with Crippen LogP contribution in [0.1, 0.15) is 19.8 Å². The Kier molecular flexibility index (Phi) is 10.5. The largest absolute Gasteiger partial charge is 0.357 e. The highest BCUT2D eigenvalue weighted by molar-refractivity contribution is 7.99. The fourth-order valence-electron chi connectivity index (χ4n) is 3.01. The standard InChI is InChI=1S/C20H35N5S/c1-3-21-20(23-12-18-26-19-9-5-4-6-10-19)22-11-7-14-25-15-8-13-24(2)16-17-25/h4-6,9-10H,3,7-8,11-18H2,1-2H3,(H2,21,22,23). The molecular weight excluding hydrogens is 342 g/mol. The number of rotatable bonds is 9. The first kappa shape index (κ1) is 21.1. The van der Waals surface area contributed by atoms with Gasteiger partial charge in [0.1, 0.15) is 0 Å². The van der Waals surface area contributed by atoms with Crippen molar-refractivity contribution in [3.8, 4) is 0 Å². The summed E-state index contributed by atoms with van der Waals surface area (Å²) in [4.78, 5) is 11.1. The van der Waals surface area contributed by atoms with Gasteiger partial charge < -0.3 is 20.4 Å². The molecule has 6 heteroatoms. The van der Waals surface area contributed by atoms with E-state index in [9.17, 15) is 0 Å². The van der Waals surface area contributed by atoms with Crippen LogP contribution >= 0.6 is 11.8 Å². The molecule has 0 bridgehead atoms. The molecule has 5 nitrogen and oxygen atoms in total. The van der Waals surface area contributed by atoms with E-state index >= 15 is 0 Å². The summed E-state index contributed by atoms with van der Waals surface area (Å²) in [6.45, 7) is 10.8. The molecule has 146 valence electrons. The Morgan fingerprint density at radius 2 is 1.96 bits per heavy atom. The lowest BCUT2D eigenvalue weighted by molar-refractivity contribution is 0.275. The van der Waals surface area contributed by atoms with E-state index in [1.165, 1.54) is 37.5 Å². The number of aliphatic imine (C=N–C) groups is 1. The summed E-state index contributed by atoms with van der Waals surface area (Å²) in [6.07, 6.45) is 2.40. The minimum absolute atomic E-state index is 0.882. The van der Waals surface area contributed by atoms with Gasteiger partial charge in [-0.2, -0.15) is 0 Å². The van der Waals surface area contributed by atoms with E-state index < -0.39 is 0 Å². The third-order valence-corrected chi connectivity index (χ3v) is 5.48. The van der Waals surface area contributed by atoms with E-state index in [-0.39, 0.29) is 0 Å². The minimum atomic E-state index is 0.882. The average molecular weight is 378 g/mol. The highest BCUT2D eigenvalue weighted by Crippen LogP contribution is 2.15. The van der Waals surface area contributed by atoms with Crippen molar-refractivity contribution in [2.45, 2.75) is 24.7 Å². The Morgan fingerprint density at radius 1 is 1.12 bits per heavy atom. The number of guanidine groups is 1. The second-order valence-electron chi connectivity index (χ2n) is 6.70. The molecule has 0 saturated carbocycles. The topological polar surface area (TPSA) is 42.9 Å². The molecule has 0 unspecified atom stereocenters.